The Balaban J connectivity index is 2.37. The van der Waals surface area contributed by atoms with E-state index in [0.29, 0.717) is 11.3 Å². The van der Waals surface area contributed by atoms with Gasteiger partial charge in [0.1, 0.15) is 17.7 Å². The molecule has 0 spiro atoms. The molecule has 0 saturated carbocycles. The number of hydrogen-bond donors (Lipinski definition) is 0. The van der Waals surface area contributed by atoms with Crippen LogP contribution in [0.1, 0.15) is 18.6 Å². The molecule has 0 aromatic heterocycles. The number of hydrogen-bond acceptors (Lipinski definition) is 4. The third-order valence-corrected chi connectivity index (χ3v) is 2.85. The zero-order chi connectivity index (χ0) is 13.8. The molecule has 1 aliphatic rings. The summed E-state index contributed by atoms with van der Waals surface area (Å²) in [5.41, 5.74) is 0.534. The minimum atomic E-state index is -0.782. The van der Waals surface area contributed by atoms with Crippen molar-refractivity contribution >= 4 is 5.97 Å². The molecule has 1 atom stereocenters. The van der Waals surface area contributed by atoms with E-state index in [1.165, 1.54) is 13.2 Å². The molecule has 1 aromatic carbocycles. The maximum absolute atomic E-state index is 14.0. The second-order valence-corrected chi connectivity index (χ2v) is 3.95. The van der Waals surface area contributed by atoms with Crippen LogP contribution in [-0.2, 0) is 14.3 Å². The second-order valence-electron chi connectivity index (χ2n) is 3.95. The molecule has 0 radical (unpaired) electrons. The molecular weight excluding hydrogens is 251 g/mol. The van der Waals surface area contributed by atoms with E-state index in [-0.39, 0.29) is 18.8 Å². The molecule has 1 aliphatic heterocycles. The molecule has 102 valence electrons. The van der Waals surface area contributed by atoms with Crippen LogP contribution in [0, 0.1) is 5.82 Å². The van der Waals surface area contributed by atoms with Crippen molar-refractivity contribution in [2.24, 2.45) is 0 Å². The quantitative estimate of drug-likeness (QED) is 0.785. The van der Waals surface area contributed by atoms with Crippen molar-refractivity contribution in [1.82, 2.24) is 0 Å². The first-order chi connectivity index (χ1) is 9.19. The molecule has 5 heteroatoms. The number of ether oxygens (including phenoxy) is 3. The van der Waals surface area contributed by atoms with Gasteiger partial charge < -0.3 is 14.2 Å². The van der Waals surface area contributed by atoms with E-state index in [9.17, 15) is 9.18 Å². The SMILES string of the molecule is CCOC(=O)C1=CCOC1c1c(F)cccc1OC. The first-order valence-electron chi connectivity index (χ1n) is 6.00. The highest BCUT2D eigenvalue weighted by atomic mass is 19.1. The molecule has 0 N–H and O–H groups in total. The molecular formula is C14H15FO4. The van der Waals surface area contributed by atoms with E-state index < -0.39 is 17.9 Å². The van der Waals surface area contributed by atoms with E-state index in [2.05, 4.69) is 0 Å². The van der Waals surface area contributed by atoms with Gasteiger partial charge in [-0.2, -0.15) is 0 Å². The number of carbonyl (C=O) groups excluding carboxylic acids is 1. The van der Waals surface area contributed by atoms with E-state index in [0.717, 1.165) is 0 Å². The molecule has 0 amide bonds. The first kappa shape index (κ1) is 13.5. The summed E-state index contributed by atoms with van der Waals surface area (Å²) in [6, 6.07) is 4.48. The van der Waals surface area contributed by atoms with Gasteiger partial charge in [0.05, 0.1) is 31.5 Å². The Hall–Kier alpha value is -1.88. The molecule has 0 saturated heterocycles. The Labute approximate surface area is 110 Å². The summed E-state index contributed by atoms with van der Waals surface area (Å²) in [5.74, 6) is -0.612. The van der Waals surface area contributed by atoms with Crippen LogP contribution in [0.15, 0.2) is 29.8 Å². The average Bonchev–Trinajstić information content (AvgIpc) is 2.87. The van der Waals surface area contributed by atoms with Crippen LogP contribution >= 0.6 is 0 Å². The highest BCUT2D eigenvalue weighted by Crippen LogP contribution is 2.38. The monoisotopic (exact) mass is 266 g/mol. The van der Waals surface area contributed by atoms with Gasteiger partial charge in [-0.1, -0.05) is 6.07 Å². The van der Waals surface area contributed by atoms with Crippen molar-refractivity contribution < 1.29 is 23.4 Å². The van der Waals surface area contributed by atoms with Gasteiger partial charge in [0, 0.05) is 0 Å². The normalized spacial score (nSPS) is 18.1. The fourth-order valence-corrected chi connectivity index (χ4v) is 2.02. The Kier molecular flexibility index (Phi) is 4.16. The molecule has 0 bridgehead atoms. The van der Waals surface area contributed by atoms with Crippen molar-refractivity contribution in [3.8, 4) is 5.75 Å². The Morgan fingerprint density at radius 3 is 3.00 bits per heavy atom. The largest absolute Gasteiger partial charge is 0.496 e. The topological polar surface area (TPSA) is 44.8 Å². The summed E-state index contributed by atoms with van der Waals surface area (Å²) >= 11 is 0. The smallest absolute Gasteiger partial charge is 0.336 e. The van der Waals surface area contributed by atoms with Gasteiger partial charge in [0.2, 0.25) is 0 Å². The maximum atomic E-state index is 14.0. The summed E-state index contributed by atoms with van der Waals surface area (Å²) < 4.78 is 29.5. The zero-order valence-electron chi connectivity index (χ0n) is 10.8. The number of benzene rings is 1. The lowest BCUT2D eigenvalue weighted by molar-refractivity contribution is -0.139. The molecule has 1 aromatic rings. The Morgan fingerprint density at radius 2 is 2.32 bits per heavy atom. The van der Waals surface area contributed by atoms with Crippen LogP contribution < -0.4 is 4.74 Å². The third-order valence-electron chi connectivity index (χ3n) is 2.85. The highest BCUT2D eigenvalue weighted by molar-refractivity contribution is 5.90. The molecule has 1 heterocycles. The summed E-state index contributed by atoms with van der Waals surface area (Å²) in [6.45, 7) is 2.22. The number of methoxy groups -OCH3 is 1. The Morgan fingerprint density at radius 1 is 1.53 bits per heavy atom. The average molecular weight is 266 g/mol. The zero-order valence-corrected chi connectivity index (χ0v) is 10.8. The predicted molar refractivity (Wildman–Crippen MR) is 66.4 cm³/mol. The van der Waals surface area contributed by atoms with Crippen molar-refractivity contribution in [2.75, 3.05) is 20.3 Å². The standard InChI is InChI=1S/C14H15FO4/c1-3-18-14(16)9-7-8-19-13(9)12-10(15)5-4-6-11(12)17-2/h4-7,13H,3,8H2,1-2H3. The van der Waals surface area contributed by atoms with Crippen molar-refractivity contribution in [3.05, 3.63) is 41.2 Å². The molecule has 0 aliphatic carbocycles. The lowest BCUT2D eigenvalue weighted by atomic mass is 10.0. The van der Waals surface area contributed by atoms with Crippen LogP contribution in [-0.4, -0.2) is 26.3 Å². The van der Waals surface area contributed by atoms with Gasteiger partial charge in [0.25, 0.3) is 0 Å². The molecule has 4 nitrogen and oxygen atoms in total. The minimum absolute atomic E-state index is 0.224. The summed E-state index contributed by atoms with van der Waals surface area (Å²) in [4.78, 5) is 11.8. The Bertz CT molecular complexity index is 510. The minimum Gasteiger partial charge on any atom is -0.496 e. The fourth-order valence-electron chi connectivity index (χ4n) is 2.02. The molecule has 19 heavy (non-hydrogen) atoms. The molecule has 2 rings (SSSR count). The van der Waals surface area contributed by atoms with Gasteiger partial charge in [-0.05, 0) is 25.1 Å². The summed E-state index contributed by atoms with van der Waals surface area (Å²) in [7, 11) is 1.45. The van der Waals surface area contributed by atoms with Gasteiger partial charge >= 0.3 is 5.97 Å². The molecule has 0 fully saturated rings. The van der Waals surface area contributed by atoms with Crippen LogP contribution in [0.3, 0.4) is 0 Å². The van der Waals surface area contributed by atoms with Gasteiger partial charge in [-0.25, -0.2) is 9.18 Å². The van der Waals surface area contributed by atoms with Gasteiger partial charge in [-0.15, -0.1) is 0 Å². The fraction of sp³-hybridized carbons (Fsp3) is 0.357. The number of rotatable bonds is 4. The second kappa shape index (κ2) is 5.84. The van der Waals surface area contributed by atoms with Gasteiger partial charge in [-0.3, -0.25) is 0 Å². The maximum Gasteiger partial charge on any atom is 0.336 e. The lowest BCUT2D eigenvalue weighted by Gasteiger charge is -2.17. The number of esters is 1. The lowest BCUT2D eigenvalue weighted by Crippen LogP contribution is -2.15. The van der Waals surface area contributed by atoms with E-state index in [1.54, 1.807) is 25.1 Å². The van der Waals surface area contributed by atoms with Gasteiger partial charge in [0.15, 0.2) is 0 Å². The van der Waals surface area contributed by atoms with Crippen LogP contribution in [0.5, 0.6) is 5.75 Å². The molecule has 1 unspecified atom stereocenters. The van der Waals surface area contributed by atoms with Crippen molar-refractivity contribution in [3.63, 3.8) is 0 Å². The number of halogens is 1. The predicted octanol–water partition coefficient (Wildman–Crippen LogP) is 2.40. The van der Waals surface area contributed by atoms with E-state index >= 15 is 0 Å². The summed E-state index contributed by atoms with van der Waals surface area (Å²) in [6.07, 6.45) is 0.823. The third kappa shape index (κ3) is 2.61. The van der Waals surface area contributed by atoms with Crippen molar-refractivity contribution in [2.45, 2.75) is 13.0 Å². The first-order valence-corrected chi connectivity index (χ1v) is 6.00. The van der Waals surface area contributed by atoms with E-state index in [4.69, 9.17) is 14.2 Å². The summed E-state index contributed by atoms with van der Waals surface area (Å²) in [5, 5.41) is 0. The van der Waals surface area contributed by atoms with Crippen molar-refractivity contribution in [1.29, 1.82) is 0 Å². The van der Waals surface area contributed by atoms with Crippen LogP contribution in [0.2, 0.25) is 0 Å². The number of carbonyl (C=O) groups is 1. The highest BCUT2D eigenvalue weighted by Gasteiger charge is 2.32. The van der Waals surface area contributed by atoms with Crippen LogP contribution in [0.25, 0.3) is 0 Å². The van der Waals surface area contributed by atoms with E-state index in [1.807, 2.05) is 0 Å². The van der Waals surface area contributed by atoms with Crippen LogP contribution in [0.4, 0.5) is 4.39 Å².